The van der Waals surface area contributed by atoms with Gasteiger partial charge < -0.3 is 4.74 Å². The lowest BCUT2D eigenvalue weighted by Gasteiger charge is -2.13. The molecule has 1 unspecified atom stereocenters. The summed E-state index contributed by atoms with van der Waals surface area (Å²) in [5, 5.41) is 0. The number of rotatable bonds is 3. The number of alkyl halides is 3. The molecule has 1 aliphatic rings. The van der Waals surface area contributed by atoms with Crippen molar-refractivity contribution in [3.63, 3.8) is 0 Å². The predicted molar refractivity (Wildman–Crippen MR) is 78.2 cm³/mol. The summed E-state index contributed by atoms with van der Waals surface area (Å²) >= 11 is 0. The highest BCUT2D eigenvalue weighted by Crippen LogP contribution is 2.34. The van der Waals surface area contributed by atoms with Gasteiger partial charge >= 0.3 is 12.1 Å². The van der Waals surface area contributed by atoms with E-state index >= 15 is 0 Å². The second kappa shape index (κ2) is 6.35. The second-order valence-corrected chi connectivity index (χ2v) is 7.56. The summed E-state index contributed by atoms with van der Waals surface area (Å²) in [5.41, 5.74) is -0.857. The number of carbonyl (C=O) groups is 1. The van der Waals surface area contributed by atoms with Crippen molar-refractivity contribution in [3.8, 4) is 0 Å². The zero-order valence-electron chi connectivity index (χ0n) is 12.3. The molecule has 0 amide bonds. The van der Waals surface area contributed by atoms with Crippen molar-refractivity contribution < 1.29 is 31.1 Å². The minimum Gasteiger partial charge on any atom is -0.458 e. The van der Waals surface area contributed by atoms with Crippen LogP contribution in [0.4, 0.5) is 13.2 Å². The van der Waals surface area contributed by atoms with Gasteiger partial charge in [-0.2, -0.15) is 13.2 Å². The van der Waals surface area contributed by atoms with Gasteiger partial charge in [-0.1, -0.05) is 18.2 Å². The summed E-state index contributed by atoms with van der Waals surface area (Å²) in [4.78, 5) is 11.8. The number of carbonyl (C=O) groups excluding carboxylic acids is 1. The van der Waals surface area contributed by atoms with Crippen LogP contribution in [0.15, 0.2) is 30.3 Å². The minimum atomic E-state index is -4.53. The lowest BCUT2D eigenvalue weighted by atomic mass is 10.0. The van der Waals surface area contributed by atoms with Gasteiger partial charge in [-0.15, -0.1) is 0 Å². The number of halogens is 3. The van der Waals surface area contributed by atoms with Crippen LogP contribution in [-0.2, 0) is 25.5 Å². The van der Waals surface area contributed by atoms with Gasteiger partial charge in [-0.3, -0.25) is 0 Å². The highest BCUT2D eigenvalue weighted by molar-refractivity contribution is 7.91. The Morgan fingerprint density at radius 2 is 1.96 bits per heavy atom. The van der Waals surface area contributed by atoms with Crippen molar-refractivity contribution in [3.05, 3.63) is 41.5 Å². The zero-order chi connectivity index (χ0) is 17.3. The standard InChI is InChI=1S/C15H15F3O4S/c1-10(12-4-2-3-5-13(12)15(16,17)18)8-14(19)22-11-6-7-23(20,21)9-11/h2-5,8,11H,6-7,9H2,1H3. The van der Waals surface area contributed by atoms with Gasteiger partial charge in [0.25, 0.3) is 0 Å². The van der Waals surface area contributed by atoms with Gasteiger partial charge in [0.1, 0.15) is 6.10 Å². The first-order chi connectivity index (χ1) is 10.6. The molecule has 0 bridgehead atoms. The average Bonchev–Trinajstić information content (AvgIpc) is 2.76. The number of allylic oxidation sites excluding steroid dienone is 1. The van der Waals surface area contributed by atoms with Gasteiger partial charge in [0, 0.05) is 6.08 Å². The Balaban J connectivity index is 2.16. The number of hydrogen-bond donors (Lipinski definition) is 0. The van der Waals surface area contributed by atoms with Crippen LogP contribution < -0.4 is 0 Å². The van der Waals surface area contributed by atoms with E-state index < -0.39 is 33.7 Å². The largest absolute Gasteiger partial charge is 0.458 e. The van der Waals surface area contributed by atoms with Crippen molar-refractivity contribution in [2.45, 2.75) is 25.6 Å². The second-order valence-electron chi connectivity index (χ2n) is 5.33. The van der Waals surface area contributed by atoms with Crippen LogP contribution in [0.3, 0.4) is 0 Å². The molecule has 0 spiro atoms. The van der Waals surface area contributed by atoms with E-state index in [-0.39, 0.29) is 29.1 Å². The molecule has 0 N–H and O–H groups in total. The lowest BCUT2D eigenvalue weighted by Crippen LogP contribution is -2.18. The SMILES string of the molecule is CC(=CC(=O)OC1CCS(=O)(=O)C1)c1ccccc1C(F)(F)F. The summed E-state index contributed by atoms with van der Waals surface area (Å²) < 4.78 is 66.4. The molecule has 0 saturated carbocycles. The summed E-state index contributed by atoms with van der Waals surface area (Å²) in [7, 11) is -3.19. The highest BCUT2D eigenvalue weighted by Gasteiger charge is 2.33. The smallest absolute Gasteiger partial charge is 0.416 e. The molecule has 1 atom stereocenters. The molecule has 126 valence electrons. The quantitative estimate of drug-likeness (QED) is 0.623. The van der Waals surface area contributed by atoms with Crippen LogP contribution in [0.1, 0.15) is 24.5 Å². The maximum Gasteiger partial charge on any atom is 0.416 e. The third kappa shape index (κ3) is 4.57. The summed E-state index contributed by atoms with van der Waals surface area (Å²) in [6.45, 7) is 1.37. The van der Waals surface area contributed by atoms with Crippen molar-refractivity contribution in [1.29, 1.82) is 0 Å². The fourth-order valence-corrected chi connectivity index (χ4v) is 3.97. The Morgan fingerprint density at radius 3 is 2.52 bits per heavy atom. The molecule has 0 radical (unpaired) electrons. The zero-order valence-corrected chi connectivity index (χ0v) is 13.1. The number of hydrogen-bond acceptors (Lipinski definition) is 4. The molecule has 0 aliphatic carbocycles. The third-order valence-corrected chi connectivity index (χ3v) is 5.20. The molecule has 2 rings (SSSR count). The monoisotopic (exact) mass is 348 g/mol. The van der Waals surface area contributed by atoms with Crippen LogP contribution in [0, 0.1) is 0 Å². The van der Waals surface area contributed by atoms with Crippen LogP contribution >= 0.6 is 0 Å². The van der Waals surface area contributed by atoms with Gasteiger partial charge in [-0.05, 0) is 30.5 Å². The Morgan fingerprint density at radius 1 is 1.30 bits per heavy atom. The van der Waals surface area contributed by atoms with Gasteiger partial charge in [0.15, 0.2) is 9.84 Å². The number of ether oxygens (including phenoxy) is 1. The Hall–Kier alpha value is -1.83. The van der Waals surface area contributed by atoms with Gasteiger partial charge in [0.05, 0.1) is 17.1 Å². The molecule has 8 heteroatoms. The Bertz CT molecular complexity index is 735. The van der Waals surface area contributed by atoms with E-state index in [4.69, 9.17) is 4.74 Å². The van der Waals surface area contributed by atoms with Crippen molar-refractivity contribution in [2.24, 2.45) is 0 Å². The normalized spacial score (nSPS) is 21.2. The summed E-state index contributed by atoms with van der Waals surface area (Å²) in [5.74, 6) is -1.14. The molecule has 1 heterocycles. The van der Waals surface area contributed by atoms with E-state index in [1.165, 1.54) is 25.1 Å². The van der Waals surface area contributed by atoms with E-state index in [9.17, 15) is 26.4 Å². The molecule has 1 fully saturated rings. The minimum absolute atomic E-state index is 0.0510. The molecule has 1 aliphatic heterocycles. The fraction of sp³-hybridized carbons (Fsp3) is 0.400. The molecule has 1 saturated heterocycles. The first-order valence-electron chi connectivity index (χ1n) is 6.84. The Kier molecular flexibility index (Phi) is 4.84. The van der Waals surface area contributed by atoms with Crippen molar-refractivity contribution in [2.75, 3.05) is 11.5 Å². The van der Waals surface area contributed by atoms with Gasteiger partial charge in [-0.25, -0.2) is 13.2 Å². The van der Waals surface area contributed by atoms with Gasteiger partial charge in [0.2, 0.25) is 0 Å². The highest BCUT2D eigenvalue weighted by atomic mass is 32.2. The van der Waals surface area contributed by atoms with Crippen LogP contribution in [0.2, 0.25) is 0 Å². The predicted octanol–water partition coefficient (Wildman–Crippen LogP) is 2.84. The van der Waals surface area contributed by atoms with Crippen molar-refractivity contribution >= 4 is 21.4 Å². The molecule has 1 aromatic rings. The van der Waals surface area contributed by atoms with Crippen molar-refractivity contribution in [1.82, 2.24) is 0 Å². The molecular weight excluding hydrogens is 333 g/mol. The lowest BCUT2D eigenvalue weighted by molar-refractivity contribution is -0.142. The molecular formula is C15H15F3O4S. The molecule has 23 heavy (non-hydrogen) atoms. The number of sulfone groups is 1. The molecule has 4 nitrogen and oxygen atoms in total. The van der Waals surface area contributed by atoms with E-state index in [2.05, 4.69) is 0 Å². The number of benzene rings is 1. The topological polar surface area (TPSA) is 60.4 Å². The van der Waals surface area contributed by atoms with E-state index in [1.54, 1.807) is 0 Å². The third-order valence-electron chi connectivity index (χ3n) is 3.47. The maximum absolute atomic E-state index is 12.9. The maximum atomic E-state index is 12.9. The first-order valence-corrected chi connectivity index (χ1v) is 8.66. The molecule has 0 aromatic heterocycles. The average molecular weight is 348 g/mol. The molecule has 1 aromatic carbocycles. The Labute approximate surface area is 131 Å². The fourth-order valence-electron chi connectivity index (χ4n) is 2.38. The van der Waals surface area contributed by atoms with E-state index in [0.717, 1.165) is 12.1 Å². The number of esters is 1. The van der Waals surface area contributed by atoms with Crippen LogP contribution in [0.25, 0.3) is 5.57 Å². The van der Waals surface area contributed by atoms with E-state index in [0.29, 0.717) is 0 Å². The van der Waals surface area contributed by atoms with E-state index in [1.807, 2.05) is 0 Å². The van der Waals surface area contributed by atoms with Crippen LogP contribution in [-0.4, -0.2) is 32.0 Å². The first kappa shape index (κ1) is 17.5. The summed E-state index contributed by atoms with van der Waals surface area (Å²) in [6.07, 6.45) is -4.11. The summed E-state index contributed by atoms with van der Waals surface area (Å²) in [6, 6.07) is 4.90. The van der Waals surface area contributed by atoms with Crippen LogP contribution in [0.5, 0.6) is 0 Å².